The lowest BCUT2D eigenvalue weighted by Gasteiger charge is -2.23. The highest BCUT2D eigenvalue weighted by Gasteiger charge is 2.57. The van der Waals surface area contributed by atoms with Crippen LogP contribution in [0.15, 0.2) is 0 Å². The molecule has 5 nitrogen and oxygen atoms in total. The normalized spacial score (nSPS) is 27.7. The van der Waals surface area contributed by atoms with Crippen LogP contribution < -0.4 is 10.6 Å². The van der Waals surface area contributed by atoms with Gasteiger partial charge in [-0.2, -0.15) is 0 Å². The third kappa shape index (κ3) is 4.21. The Kier molecular flexibility index (Phi) is 5.71. The Bertz CT molecular complexity index is 363. The molecule has 0 aromatic heterocycles. The van der Waals surface area contributed by atoms with Gasteiger partial charge in [0.2, 0.25) is 5.91 Å². The van der Waals surface area contributed by atoms with Crippen molar-refractivity contribution in [2.24, 2.45) is 17.3 Å². The molecule has 0 aromatic carbocycles. The number of amides is 1. The van der Waals surface area contributed by atoms with Crippen molar-refractivity contribution in [2.45, 2.75) is 38.5 Å². The highest BCUT2D eigenvalue weighted by Crippen LogP contribution is 2.58. The van der Waals surface area contributed by atoms with E-state index in [1.807, 2.05) is 0 Å². The van der Waals surface area contributed by atoms with E-state index in [4.69, 9.17) is 9.47 Å². The lowest BCUT2D eigenvalue weighted by Crippen LogP contribution is -2.34. The van der Waals surface area contributed by atoms with Crippen LogP contribution in [0, 0.1) is 17.3 Å². The summed E-state index contributed by atoms with van der Waals surface area (Å²) >= 11 is 0. The van der Waals surface area contributed by atoms with E-state index in [9.17, 15) is 4.79 Å². The molecule has 0 bridgehead atoms. The fourth-order valence-electron chi connectivity index (χ4n) is 3.87. The summed E-state index contributed by atoms with van der Waals surface area (Å²) in [7, 11) is 0. The zero-order valence-corrected chi connectivity index (χ0v) is 13.6. The Labute approximate surface area is 133 Å². The molecule has 0 aromatic rings. The summed E-state index contributed by atoms with van der Waals surface area (Å²) in [4.78, 5) is 12.2. The van der Waals surface area contributed by atoms with E-state index in [1.165, 1.54) is 12.8 Å². The van der Waals surface area contributed by atoms with Crippen LogP contribution in [0.5, 0.6) is 0 Å². The first kappa shape index (κ1) is 16.2. The van der Waals surface area contributed by atoms with Crippen LogP contribution in [-0.4, -0.2) is 52.0 Å². The number of piperidine rings is 1. The van der Waals surface area contributed by atoms with Crippen molar-refractivity contribution >= 4 is 5.91 Å². The van der Waals surface area contributed by atoms with Crippen LogP contribution in [-0.2, 0) is 14.3 Å². The molecule has 126 valence electrons. The molecule has 2 saturated heterocycles. The van der Waals surface area contributed by atoms with E-state index in [0.29, 0.717) is 11.3 Å². The fraction of sp³-hybridized carbons (Fsp3) is 0.941. The molecule has 1 spiro atoms. The monoisotopic (exact) mass is 310 g/mol. The van der Waals surface area contributed by atoms with Gasteiger partial charge < -0.3 is 20.1 Å². The Morgan fingerprint density at radius 1 is 1.27 bits per heavy atom. The predicted molar refractivity (Wildman–Crippen MR) is 84.6 cm³/mol. The number of carbonyl (C=O) groups excluding carboxylic acids is 1. The van der Waals surface area contributed by atoms with Crippen molar-refractivity contribution in [2.75, 3.05) is 46.1 Å². The van der Waals surface area contributed by atoms with Gasteiger partial charge in [0.25, 0.3) is 0 Å². The molecule has 0 radical (unpaired) electrons. The third-order valence-corrected chi connectivity index (χ3v) is 5.56. The van der Waals surface area contributed by atoms with Gasteiger partial charge in [0.1, 0.15) is 0 Å². The summed E-state index contributed by atoms with van der Waals surface area (Å²) in [5, 5.41) is 6.47. The minimum atomic E-state index is 0.270. The van der Waals surface area contributed by atoms with Gasteiger partial charge >= 0.3 is 0 Å². The van der Waals surface area contributed by atoms with E-state index < -0.39 is 0 Å². The standard InChI is InChI=1S/C17H30N2O3/c20-16(15-12-17(15)4-7-18-8-5-17)19-6-1-9-22-13-14-2-10-21-11-3-14/h14-15,18H,1-13H2,(H,19,20). The predicted octanol–water partition coefficient (Wildman–Crippen LogP) is 1.33. The van der Waals surface area contributed by atoms with Gasteiger partial charge in [-0.05, 0) is 62.9 Å². The van der Waals surface area contributed by atoms with Gasteiger partial charge in [-0.1, -0.05) is 0 Å². The second kappa shape index (κ2) is 7.75. The average molecular weight is 310 g/mol. The van der Waals surface area contributed by atoms with Crippen molar-refractivity contribution in [3.05, 3.63) is 0 Å². The quantitative estimate of drug-likeness (QED) is 0.697. The summed E-state index contributed by atoms with van der Waals surface area (Å²) in [6, 6.07) is 0. The first-order chi connectivity index (χ1) is 10.8. The van der Waals surface area contributed by atoms with Crippen LogP contribution in [0.1, 0.15) is 38.5 Å². The smallest absolute Gasteiger partial charge is 0.223 e. The molecule has 1 atom stereocenters. The first-order valence-corrected chi connectivity index (χ1v) is 8.94. The number of carbonyl (C=O) groups is 1. The molecule has 3 rings (SSSR count). The Balaban J connectivity index is 1.21. The molecular weight excluding hydrogens is 280 g/mol. The maximum Gasteiger partial charge on any atom is 0.223 e. The maximum absolute atomic E-state index is 12.2. The molecule has 5 heteroatoms. The van der Waals surface area contributed by atoms with Gasteiger partial charge in [-0.3, -0.25) is 4.79 Å². The largest absolute Gasteiger partial charge is 0.381 e. The van der Waals surface area contributed by atoms with Crippen molar-refractivity contribution in [1.29, 1.82) is 0 Å². The molecule has 2 heterocycles. The lowest BCUT2D eigenvalue weighted by molar-refractivity contribution is -0.123. The van der Waals surface area contributed by atoms with Gasteiger partial charge in [0, 0.05) is 38.9 Å². The van der Waals surface area contributed by atoms with Crippen LogP contribution in [0.4, 0.5) is 0 Å². The van der Waals surface area contributed by atoms with Crippen molar-refractivity contribution in [3.8, 4) is 0 Å². The first-order valence-electron chi connectivity index (χ1n) is 8.94. The second-order valence-corrected chi connectivity index (χ2v) is 7.14. The van der Waals surface area contributed by atoms with Gasteiger partial charge in [-0.25, -0.2) is 0 Å². The Hall–Kier alpha value is -0.650. The SMILES string of the molecule is O=C(NCCCOCC1CCOCC1)C1CC12CCNCC2. The molecule has 22 heavy (non-hydrogen) atoms. The van der Waals surface area contributed by atoms with E-state index >= 15 is 0 Å². The van der Waals surface area contributed by atoms with Crippen molar-refractivity contribution < 1.29 is 14.3 Å². The average Bonchev–Trinajstić information content (AvgIpc) is 3.25. The number of hydrogen-bond acceptors (Lipinski definition) is 4. The van der Waals surface area contributed by atoms with Gasteiger partial charge in [0.15, 0.2) is 0 Å². The maximum atomic E-state index is 12.2. The fourth-order valence-corrected chi connectivity index (χ4v) is 3.87. The minimum Gasteiger partial charge on any atom is -0.381 e. The summed E-state index contributed by atoms with van der Waals surface area (Å²) in [5.41, 5.74) is 0.342. The number of ether oxygens (including phenoxy) is 2. The van der Waals surface area contributed by atoms with Crippen LogP contribution >= 0.6 is 0 Å². The molecule has 1 aliphatic carbocycles. The summed E-state index contributed by atoms with van der Waals surface area (Å²) in [5.74, 6) is 1.21. The van der Waals surface area contributed by atoms with Crippen LogP contribution in [0.3, 0.4) is 0 Å². The van der Waals surface area contributed by atoms with E-state index in [1.54, 1.807) is 0 Å². The zero-order chi connectivity index (χ0) is 15.3. The molecule has 1 unspecified atom stereocenters. The zero-order valence-electron chi connectivity index (χ0n) is 13.6. The van der Waals surface area contributed by atoms with Crippen molar-refractivity contribution in [3.63, 3.8) is 0 Å². The highest BCUT2D eigenvalue weighted by atomic mass is 16.5. The molecule has 2 aliphatic heterocycles. The van der Waals surface area contributed by atoms with Gasteiger partial charge in [-0.15, -0.1) is 0 Å². The van der Waals surface area contributed by atoms with Gasteiger partial charge in [0.05, 0.1) is 0 Å². The second-order valence-electron chi connectivity index (χ2n) is 7.14. The number of nitrogens with one attached hydrogen (secondary N) is 2. The lowest BCUT2D eigenvalue weighted by atomic mass is 9.92. The third-order valence-electron chi connectivity index (χ3n) is 5.56. The van der Waals surface area contributed by atoms with E-state index in [-0.39, 0.29) is 11.8 Å². The molecule has 3 aliphatic rings. The van der Waals surface area contributed by atoms with Crippen molar-refractivity contribution in [1.82, 2.24) is 10.6 Å². The molecule has 1 saturated carbocycles. The van der Waals surface area contributed by atoms with Crippen LogP contribution in [0.25, 0.3) is 0 Å². The molecule has 1 amide bonds. The Morgan fingerprint density at radius 2 is 2.05 bits per heavy atom. The van der Waals surface area contributed by atoms with E-state index in [2.05, 4.69) is 10.6 Å². The van der Waals surface area contributed by atoms with Crippen LogP contribution in [0.2, 0.25) is 0 Å². The summed E-state index contributed by atoms with van der Waals surface area (Å²) < 4.78 is 11.1. The molecular formula is C17H30N2O3. The molecule has 3 fully saturated rings. The number of hydrogen-bond donors (Lipinski definition) is 2. The molecule has 2 N–H and O–H groups in total. The Morgan fingerprint density at radius 3 is 2.82 bits per heavy atom. The summed E-state index contributed by atoms with van der Waals surface area (Å²) in [6.07, 6.45) is 6.58. The minimum absolute atomic E-state index is 0.270. The number of rotatable bonds is 7. The topological polar surface area (TPSA) is 59.6 Å². The highest BCUT2D eigenvalue weighted by molar-refractivity contribution is 5.82. The van der Waals surface area contributed by atoms with E-state index in [0.717, 1.165) is 71.7 Å². The summed E-state index contributed by atoms with van der Waals surface area (Å²) in [6.45, 7) is 6.24.